The van der Waals surface area contributed by atoms with Gasteiger partial charge >= 0.3 is 0 Å². The Hall–Kier alpha value is -2.34. The van der Waals surface area contributed by atoms with E-state index in [2.05, 4.69) is 9.97 Å². The topological polar surface area (TPSA) is 55.3 Å². The number of benzene rings is 1. The van der Waals surface area contributed by atoms with Crippen molar-refractivity contribution < 1.29 is 13.9 Å². The molecule has 0 N–H and O–H groups in total. The number of morpholine rings is 1. The molecule has 2 aromatic rings. The van der Waals surface area contributed by atoms with Crippen LogP contribution in [-0.2, 0) is 14.9 Å². The van der Waals surface area contributed by atoms with Crippen molar-refractivity contribution in [3.8, 4) is 0 Å². The van der Waals surface area contributed by atoms with E-state index in [-0.39, 0.29) is 17.8 Å². The van der Waals surface area contributed by atoms with Crippen LogP contribution in [0.3, 0.4) is 0 Å². The molecule has 1 saturated heterocycles. The number of rotatable bonds is 3. The minimum atomic E-state index is -0.738. The second-order valence-corrected chi connectivity index (χ2v) is 6.37. The Balaban J connectivity index is 1.77. The Morgan fingerprint density at radius 2 is 2.04 bits per heavy atom. The highest BCUT2D eigenvalue weighted by Crippen LogP contribution is 2.29. The van der Waals surface area contributed by atoms with E-state index in [9.17, 15) is 9.18 Å². The van der Waals surface area contributed by atoms with Crippen LogP contribution >= 0.6 is 0 Å². The number of amides is 1. The van der Waals surface area contributed by atoms with Crippen LogP contribution in [0.4, 0.5) is 4.39 Å². The van der Waals surface area contributed by atoms with Gasteiger partial charge in [0.05, 0.1) is 30.5 Å². The average Bonchev–Trinajstić information content (AvgIpc) is 2.62. The Morgan fingerprint density at radius 1 is 1.29 bits per heavy atom. The van der Waals surface area contributed by atoms with Crippen LogP contribution in [-0.4, -0.2) is 40.5 Å². The molecular weight excluding hydrogens is 309 g/mol. The van der Waals surface area contributed by atoms with Crippen molar-refractivity contribution in [3.05, 3.63) is 59.9 Å². The molecule has 2 heterocycles. The maximum absolute atomic E-state index is 13.1. The molecule has 3 rings (SSSR count). The molecule has 1 amide bonds. The van der Waals surface area contributed by atoms with Gasteiger partial charge in [-0.2, -0.15) is 0 Å². The highest BCUT2D eigenvalue weighted by atomic mass is 19.1. The van der Waals surface area contributed by atoms with Gasteiger partial charge in [0.15, 0.2) is 0 Å². The summed E-state index contributed by atoms with van der Waals surface area (Å²) in [6.07, 6.45) is 4.60. The summed E-state index contributed by atoms with van der Waals surface area (Å²) in [5.41, 5.74) is 0.767. The van der Waals surface area contributed by atoms with Crippen LogP contribution in [0.15, 0.2) is 42.9 Å². The van der Waals surface area contributed by atoms with Crippen molar-refractivity contribution in [2.24, 2.45) is 0 Å². The number of ether oxygens (including phenoxy) is 1. The van der Waals surface area contributed by atoms with Gasteiger partial charge in [-0.1, -0.05) is 12.1 Å². The fraction of sp³-hybridized carbons (Fsp3) is 0.389. The van der Waals surface area contributed by atoms with Crippen LogP contribution in [0, 0.1) is 5.82 Å². The molecule has 1 fully saturated rings. The summed E-state index contributed by atoms with van der Waals surface area (Å²) in [7, 11) is 0. The van der Waals surface area contributed by atoms with Crippen LogP contribution in [0.5, 0.6) is 0 Å². The van der Waals surface area contributed by atoms with E-state index >= 15 is 0 Å². The largest absolute Gasteiger partial charge is 0.368 e. The van der Waals surface area contributed by atoms with Crippen molar-refractivity contribution in [1.82, 2.24) is 14.9 Å². The average molecular weight is 329 g/mol. The van der Waals surface area contributed by atoms with Crippen molar-refractivity contribution in [2.75, 3.05) is 19.7 Å². The summed E-state index contributed by atoms with van der Waals surface area (Å²) in [6.45, 7) is 5.12. The highest BCUT2D eigenvalue weighted by molar-refractivity contribution is 5.87. The Morgan fingerprint density at radius 3 is 2.71 bits per heavy atom. The molecular formula is C18H20FN3O2. The molecule has 1 aromatic carbocycles. The van der Waals surface area contributed by atoms with Gasteiger partial charge in [-0.25, -0.2) is 4.39 Å². The van der Waals surface area contributed by atoms with E-state index in [0.717, 1.165) is 11.3 Å². The Kier molecular flexibility index (Phi) is 4.57. The number of hydrogen-bond acceptors (Lipinski definition) is 4. The molecule has 0 radical (unpaired) electrons. The fourth-order valence-corrected chi connectivity index (χ4v) is 2.87. The second kappa shape index (κ2) is 6.65. The smallest absolute Gasteiger partial charge is 0.232 e. The molecule has 1 aliphatic heterocycles. The zero-order valence-corrected chi connectivity index (χ0v) is 13.8. The van der Waals surface area contributed by atoms with Gasteiger partial charge < -0.3 is 9.64 Å². The summed E-state index contributed by atoms with van der Waals surface area (Å²) >= 11 is 0. The second-order valence-electron chi connectivity index (χ2n) is 6.37. The highest BCUT2D eigenvalue weighted by Gasteiger charge is 2.36. The van der Waals surface area contributed by atoms with Crippen molar-refractivity contribution in [3.63, 3.8) is 0 Å². The van der Waals surface area contributed by atoms with Crippen LogP contribution in [0.1, 0.15) is 31.2 Å². The summed E-state index contributed by atoms with van der Waals surface area (Å²) in [6, 6.07) is 6.08. The molecule has 0 aliphatic carbocycles. The van der Waals surface area contributed by atoms with Crippen molar-refractivity contribution >= 4 is 5.91 Å². The summed E-state index contributed by atoms with van der Waals surface area (Å²) in [5.74, 6) is -0.317. The molecule has 5 nitrogen and oxygen atoms in total. The lowest BCUT2D eigenvalue weighted by Crippen LogP contribution is -2.49. The zero-order chi connectivity index (χ0) is 17.2. The first-order valence-corrected chi connectivity index (χ1v) is 7.91. The predicted octanol–water partition coefficient (Wildman–Crippen LogP) is 2.49. The van der Waals surface area contributed by atoms with Crippen molar-refractivity contribution in [1.29, 1.82) is 0 Å². The summed E-state index contributed by atoms with van der Waals surface area (Å²) in [4.78, 5) is 23.1. The molecule has 126 valence electrons. The molecule has 1 aliphatic rings. The number of hydrogen-bond donors (Lipinski definition) is 0. The maximum atomic E-state index is 13.1. The van der Waals surface area contributed by atoms with Crippen LogP contribution < -0.4 is 0 Å². The SMILES string of the molecule is CC(C)(C(=O)N1CCOC(c2cnccn2)C1)c1ccc(F)cc1. The summed E-state index contributed by atoms with van der Waals surface area (Å²) in [5, 5.41) is 0. The Bertz CT molecular complexity index is 704. The van der Waals surface area contributed by atoms with Gasteiger partial charge in [-0.3, -0.25) is 14.8 Å². The minimum absolute atomic E-state index is 0.00806. The monoisotopic (exact) mass is 329 g/mol. The molecule has 1 unspecified atom stereocenters. The lowest BCUT2D eigenvalue weighted by atomic mass is 9.83. The molecule has 1 aromatic heterocycles. The first kappa shape index (κ1) is 16.5. The predicted molar refractivity (Wildman–Crippen MR) is 86.7 cm³/mol. The van der Waals surface area contributed by atoms with Crippen molar-refractivity contribution in [2.45, 2.75) is 25.4 Å². The number of halogens is 1. The fourth-order valence-electron chi connectivity index (χ4n) is 2.87. The minimum Gasteiger partial charge on any atom is -0.368 e. The third-order valence-electron chi connectivity index (χ3n) is 4.37. The van der Waals surface area contributed by atoms with E-state index < -0.39 is 5.41 Å². The van der Waals surface area contributed by atoms with Gasteiger partial charge in [0, 0.05) is 18.9 Å². The van der Waals surface area contributed by atoms with E-state index in [1.807, 2.05) is 13.8 Å². The quantitative estimate of drug-likeness (QED) is 0.868. The number of carbonyl (C=O) groups excluding carboxylic acids is 1. The van der Waals surface area contributed by atoms with E-state index in [1.54, 1.807) is 35.6 Å². The van der Waals surface area contributed by atoms with E-state index in [1.165, 1.54) is 12.1 Å². The van der Waals surface area contributed by atoms with Gasteiger partial charge in [0.1, 0.15) is 11.9 Å². The van der Waals surface area contributed by atoms with Crippen LogP contribution in [0.2, 0.25) is 0 Å². The molecule has 1 atom stereocenters. The molecule has 6 heteroatoms. The van der Waals surface area contributed by atoms with E-state index in [4.69, 9.17) is 4.74 Å². The standard InChI is InChI=1S/C18H20FN3O2/c1-18(2,13-3-5-14(19)6-4-13)17(23)22-9-10-24-16(12-22)15-11-20-7-8-21-15/h3-8,11,16H,9-10,12H2,1-2H3. The summed E-state index contributed by atoms with van der Waals surface area (Å²) < 4.78 is 18.9. The number of aromatic nitrogens is 2. The molecule has 24 heavy (non-hydrogen) atoms. The third-order valence-corrected chi connectivity index (χ3v) is 4.37. The van der Waals surface area contributed by atoms with E-state index in [0.29, 0.717) is 19.7 Å². The lowest BCUT2D eigenvalue weighted by molar-refractivity contribution is -0.144. The molecule has 0 saturated carbocycles. The number of carbonyl (C=O) groups is 1. The van der Waals surface area contributed by atoms with Gasteiger partial charge in [0.2, 0.25) is 5.91 Å². The third kappa shape index (κ3) is 3.28. The molecule has 0 bridgehead atoms. The normalized spacial score (nSPS) is 18.5. The number of nitrogens with zero attached hydrogens (tertiary/aromatic N) is 3. The lowest BCUT2D eigenvalue weighted by Gasteiger charge is -2.37. The first-order valence-electron chi connectivity index (χ1n) is 7.91. The first-order chi connectivity index (χ1) is 11.5. The van der Waals surface area contributed by atoms with Crippen LogP contribution in [0.25, 0.3) is 0 Å². The zero-order valence-electron chi connectivity index (χ0n) is 13.8. The Labute approximate surface area is 140 Å². The van der Waals surface area contributed by atoms with Gasteiger partial charge in [-0.15, -0.1) is 0 Å². The maximum Gasteiger partial charge on any atom is 0.232 e. The molecule has 0 spiro atoms. The van der Waals surface area contributed by atoms with Gasteiger partial charge in [-0.05, 0) is 31.5 Å². The van der Waals surface area contributed by atoms with Gasteiger partial charge in [0.25, 0.3) is 0 Å².